The normalized spacial score (nSPS) is 10.1. The second kappa shape index (κ2) is 7.98. The molecule has 118 valence electrons. The summed E-state index contributed by atoms with van der Waals surface area (Å²) in [6.45, 7) is -0.354. The van der Waals surface area contributed by atoms with Gasteiger partial charge in [-0.1, -0.05) is 30.3 Å². The molecule has 0 aliphatic heterocycles. The maximum atomic E-state index is 12.8. The number of carbonyl (C=O) groups excluding carboxylic acids is 3. The average molecular weight is 314 g/mol. The van der Waals surface area contributed by atoms with Gasteiger partial charge in [-0.15, -0.1) is 0 Å². The van der Waals surface area contributed by atoms with Gasteiger partial charge in [-0.2, -0.15) is 0 Å². The summed E-state index contributed by atoms with van der Waals surface area (Å²) in [6, 6.07) is 13.6. The maximum absolute atomic E-state index is 12.8. The highest BCUT2D eigenvalue weighted by atomic mass is 19.1. The van der Waals surface area contributed by atoms with E-state index in [-0.39, 0.29) is 31.0 Å². The third kappa shape index (κ3) is 5.14. The van der Waals surface area contributed by atoms with E-state index in [0.717, 1.165) is 0 Å². The van der Waals surface area contributed by atoms with Crippen LogP contribution in [0, 0.1) is 5.82 Å². The first-order valence-electron chi connectivity index (χ1n) is 7.09. The van der Waals surface area contributed by atoms with Gasteiger partial charge in [0.15, 0.2) is 18.2 Å². The van der Waals surface area contributed by atoms with E-state index in [0.29, 0.717) is 11.1 Å². The van der Waals surface area contributed by atoms with E-state index >= 15 is 0 Å². The number of ketones is 2. The molecule has 0 saturated carbocycles. The largest absolute Gasteiger partial charge is 0.457 e. The number of hydrogen-bond acceptors (Lipinski definition) is 4. The summed E-state index contributed by atoms with van der Waals surface area (Å²) in [6.07, 6.45) is -0.178. The van der Waals surface area contributed by atoms with Gasteiger partial charge in [0.05, 0.1) is 6.42 Å². The van der Waals surface area contributed by atoms with Gasteiger partial charge >= 0.3 is 5.97 Å². The highest BCUT2D eigenvalue weighted by molar-refractivity contribution is 5.99. The summed E-state index contributed by atoms with van der Waals surface area (Å²) in [7, 11) is 0. The summed E-state index contributed by atoms with van der Waals surface area (Å²) in [5.74, 6) is -1.63. The standard InChI is InChI=1S/C18H15FO4/c19-15-8-6-14(7-9-15)16(20)10-11-18(22)23-12-17(21)13-4-2-1-3-5-13/h1-9H,10-12H2. The molecule has 2 rings (SSSR count). The van der Waals surface area contributed by atoms with Gasteiger partial charge in [0.2, 0.25) is 0 Å². The minimum atomic E-state index is -0.621. The van der Waals surface area contributed by atoms with Crippen LogP contribution in [-0.2, 0) is 9.53 Å². The van der Waals surface area contributed by atoms with E-state index in [9.17, 15) is 18.8 Å². The van der Waals surface area contributed by atoms with Crippen LogP contribution >= 0.6 is 0 Å². The van der Waals surface area contributed by atoms with Crippen LogP contribution in [0.2, 0.25) is 0 Å². The Hall–Kier alpha value is -2.82. The fourth-order valence-electron chi connectivity index (χ4n) is 1.92. The highest BCUT2D eigenvalue weighted by Crippen LogP contribution is 2.08. The second-order valence-corrected chi connectivity index (χ2v) is 4.88. The molecule has 0 N–H and O–H groups in total. The second-order valence-electron chi connectivity index (χ2n) is 4.88. The van der Waals surface area contributed by atoms with Crippen LogP contribution in [0.25, 0.3) is 0 Å². The van der Waals surface area contributed by atoms with Crippen molar-refractivity contribution >= 4 is 17.5 Å². The Balaban J connectivity index is 1.76. The fraction of sp³-hybridized carbons (Fsp3) is 0.167. The smallest absolute Gasteiger partial charge is 0.306 e. The molecule has 0 fully saturated rings. The number of benzene rings is 2. The SMILES string of the molecule is O=C(CCC(=O)c1ccc(F)cc1)OCC(=O)c1ccccc1. The third-order valence-corrected chi connectivity index (χ3v) is 3.18. The van der Waals surface area contributed by atoms with Crippen molar-refractivity contribution in [1.29, 1.82) is 0 Å². The molecule has 0 saturated heterocycles. The van der Waals surface area contributed by atoms with Crippen LogP contribution in [0.15, 0.2) is 54.6 Å². The van der Waals surface area contributed by atoms with Gasteiger partial charge < -0.3 is 4.74 Å². The van der Waals surface area contributed by atoms with Gasteiger partial charge in [0, 0.05) is 17.5 Å². The van der Waals surface area contributed by atoms with Gasteiger partial charge in [-0.25, -0.2) is 4.39 Å². The molecular formula is C18H15FO4. The van der Waals surface area contributed by atoms with Crippen molar-refractivity contribution in [3.63, 3.8) is 0 Å². The van der Waals surface area contributed by atoms with Crippen molar-refractivity contribution in [3.05, 3.63) is 71.5 Å². The molecule has 23 heavy (non-hydrogen) atoms. The zero-order chi connectivity index (χ0) is 16.7. The van der Waals surface area contributed by atoms with Crippen LogP contribution < -0.4 is 0 Å². The van der Waals surface area contributed by atoms with E-state index in [2.05, 4.69) is 0 Å². The molecule has 0 radical (unpaired) electrons. The van der Waals surface area contributed by atoms with Gasteiger partial charge in [-0.05, 0) is 24.3 Å². The number of rotatable bonds is 7. The Kier molecular flexibility index (Phi) is 5.74. The van der Waals surface area contributed by atoms with Crippen LogP contribution in [0.1, 0.15) is 33.6 Å². The lowest BCUT2D eigenvalue weighted by atomic mass is 10.1. The fourth-order valence-corrected chi connectivity index (χ4v) is 1.92. The first-order chi connectivity index (χ1) is 11.1. The number of esters is 1. The third-order valence-electron chi connectivity index (χ3n) is 3.18. The number of halogens is 1. The van der Waals surface area contributed by atoms with Crippen LogP contribution in [-0.4, -0.2) is 24.1 Å². The van der Waals surface area contributed by atoms with Crippen molar-refractivity contribution in [2.45, 2.75) is 12.8 Å². The average Bonchev–Trinajstić information content (AvgIpc) is 2.59. The summed E-state index contributed by atoms with van der Waals surface area (Å²) >= 11 is 0. The highest BCUT2D eigenvalue weighted by Gasteiger charge is 2.12. The molecule has 0 heterocycles. The minimum absolute atomic E-state index is 0.0516. The molecule has 2 aromatic carbocycles. The number of ether oxygens (including phenoxy) is 1. The molecule has 5 heteroatoms. The summed E-state index contributed by atoms with van der Waals surface area (Å²) in [4.78, 5) is 35.2. The Bertz CT molecular complexity index is 693. The lowest BCUT2D eigenvalue weighted by Crippen LogP contribution is -2.15. The first-order valence-corrected chi connectivity index (χ1v) is 7.09. The van der Waals surface area contributed by atoms with Crippen molar-refractivity contribution in [2.75, 3.05) is 6.61 Å². The predicted octanol–water partition coefficient (Wildman–Crippen LogP) is 3.21. The molecular weight excluding hydrogens is 299 g/mol. The predicted molar refractivity (Wildman–Crippen MR) is 81.7 cm³/mol. The summed E-state index contributed by atoms with van der Waals surface area (Å²) in [5.41, 5.74) is 0.794. The molecule has 0 unspecified atom stereocenters. The van der Waals surface area contributed by atoms with Crippen molar-refractivity contribution in [1.82, 2.24) is 0 Å². The minimum Gasteiger partial charge on any atom is -0.457 e. The summed E-state index contributed by atoms with van der Waals surface area (Å²) < 4.78 is 17.6. The van der Waals surface area contributed by atoms with E-state index in [4.69, 9.17) is 4.74 Å². The zero-order valence-corrected chi connectivity index (χ0v) is 12.3. The quantitative estimate of drug-likeness (QED) is 0.581. The van der Waals surface area contributed by atoms with Crippen molar-refractivity contribution in [3.8, 4) is 0 Å². The Morgan fingerprint density at radius 2 is 1.39 bits per heavy atom. The van der Waals surface area contributed by atoms with Gasteiger partial charge in [0.25, 0.3) is 0 Å². The maximum Gasteiger partial charge on any atom is 0.306 e. The molecule has 0 amide bonds. The van der Waals surface area contributed by atoms with E-state index < -0.39 is 11.8 Å². The van der Waals surface area contributed by atoms with Crippen molar-refractivity contribution < 1.29 is 23.5 Å². The van der Waals surface area contributed by atoms with E-state index in [1.165, 1.54) is 24.3 Å². The molecule has 0 bridgehead atoms. The Morgan fingerprint density at radius 1 is 0.783 bits per heavy atom. The lowest BCUT2D eigenvalue weighted by molar-refractivity contribution is -0.142. The molecule has 0 spiro atoms. The molecule has 0 aliphatic carbocycles. The summed E-state index contributed by atoms with van der Waals surface area (Å²) in [5, 5.41) is 0. The number of Topliss-reactive ketones (excluding diaryl/α,β-unsaturated/α-hetero) is 2. The van der Waals surface area contributed by atoms with E-state index in [1.807, 2.05) is 0 Å². The Labute approximate surface area is 132 Å². The van der Waals surface area contributed by atoms with Gasteiger partial charge in [0.1, 0.15) is 5.82 Å². The molecule has 0 atom stereocenters. The van der Waals surface area contributed by atoms with Crippen LogP contribution in [0.3, 0.4) is 0 Å². The zero-order valence-electron chi connectivity index (χ0n) is 12.3. The number of carbonyl (C=O) groups is 3. The molecule has 0 aromatic heterocycles. The lowest BCUT2D eigenvalue weighted by Gasteiger charge is -2.04. The van der Waals surface area contributed by atoms with Crippen LogP contribution in [0.4, 0.5) is 4.39 Å². The molecule has 4 nitrogen and oxygen atoms in total. The van der Waals surface area contributed by atoms with Gasteiger partial charge in [-0.3, -0.25) is 14.4 Å². The first kappa shape index (κ1) is 16.5. The monoisotopic (exact) mass is 314 g/mol. The van der Waals surface area contributed by atoms with E-state index in [1.54, 1.807) is 30.3 Å². The topological polar surface area (TPSA) is 60.4 Å². The molecule has 0 aliphatic rings. The Morgan fingerprint density at radius 3 is 2.04 bits per heavy atom. The van der Waals surface area contributed by atoms with Crippen molar-refractivity contribution in [2.24, 2.45) is 0 Å². The number of hydrogen-bond donors (Lipinski definition) is 0. The molecule has 2 aromatic rings. The van der Waals surface area contributed by atoms with Crippen LogP contribution in [0.5, 0.6) is 0 Å².